The summed E-state index contributed by atoms with van der Waals surface area (Å²) in [7, 11) is 0. The Kier molecular flexibility index (Phi) is 2.20. The zero-order chi connectivity index (χ0) is 9.38. The molecule has 0 bridgehead atoms. The van der Waals surface area contributed by atoms with Crippen LogP contribution in [-0.2, 0) is 4.74 Å². The van der Waals surface area contributed by atoms with Crippen LogP contribution in [-0.4, -0.2) is 31.1 Å². The summed E-state index contributed by atoms with van der Waals surface area (Å²) >= 11 is 0. The molecule has 0 amide bonds. The van der Waals surface area contributed by atoms with Crippen molar-refractivity contribution in [2.75, 3.05) is 13.1 Å². The van der Waals surface area contributed by atoms with E-state index in [2.05, 4.69) is 10.3 Å². The number of piperidine rings is 1. The van der Waals surface area contributed by atoms with Crippen LogP contribution in [0.25, 0.3) is 0 Å². The number of nitrogens with zero attached hydrogens (tertiary/aromatic N) is 1. The maximum Gasteiger partial charge on any atom is 0.201 e. The number of aliphatic imine (C=N–C) groups is 1. The van der Waals surface area contributed by atoms with Crippen LogP contribution in [0.5, 0.6) is 0 Å². The highest BCUT2D eigenvalue weighted by Crippen LogP contribution is 2.36. The van der Waals surface area contributed by atoms with E-state index >= 15 is 0 Å². The average Bonchev–Trinajstić information content (AvgIpc) is 2.98. The SMILES string of the molecule is C1CCC(C2=NCC(C3CC3)O2)NC1. The second kappa shape index (κ2) is 3.54. The molecule has 2 heterocycles. The number of hydrogen-bond acceptors (Lipinski definition) is 3. The third-order valence-corrected chi connectivity index (χ3v) is 3.46. The molecule has 2 fully saturated rings. The van der Waals surface area contributed by atoms with E-state index in [1.165, 1.54) is 32.1 Å². The summed E-state index contributed by atoms with van der Waals surface area (Å²) in [6.45, 7) is 2.04. The fourth-order valence-corrected chi connectivity index (χ4v) is 2.38. The molecule has 1 N–H and O–H groups in total. The van der Waals surface area contributed by atoms with E-state index in [4.69, 9.17) is 4.74 Å². The lowest BCUT2D eigenvalue weighted by Gasteiger charge is -2.23. The molecule has 0 spiro atoms. The normalized spacial score (nSPS) is 37.9. The summed E-state index contributed by atoms with van der Waals surface area (Å²) in [6.07, 6.45) is 6.95. The van der Waals surface area contributed by atoms with Crippen LogP contribution in [0.15, 0.2) is 4.99 Å². The molecule has 3 rings (SSSR count). The Labute approximate surface area is 84.9 Å². The largest absolute Gasteiger partial charge is 0.474 e. The van der Waals surface area contributed by atoms with Crippen LogP contribution >= 0.6 is 0 Å². The van der Waals surface area contributed by atoms with Crippen LogP contribution in [0.2, 0.25) is 0 Å². The van der Waals surface area contributed by atoms with E-state index in [0.29, 0.717) is 12.1 Å². The number of rotatable bonds is 2. The molecule has 0 aromatic heterocycles. The summed E-state index contributed by atoms with van der Waals surface area (Å²) in [6, 6.07) is 0.424. The van der Waals surface area contributed by atoms with Crippen molar-refractivity contribution < 1.29 is 4.74 Å². The van der Waals surface area contributed by atoms with Gasteiger partial charge in [0, 0.05) is 0 Å². The Morgan fingerprint density at radius 3 is 2.86 bits per heavy atom. The summed E-state index contributed by atoms with van der Waals surface area (Å²) < 4.78 is 5.91. The topological polar surface area (TPSA) is 33.6 Å². The van der Waals surface area contributed by atoms with Crippen LogP contribution in [0.1, 0.15) is 32.1 Å². The molecule has 14 heavy (non-hydrogen) atoms. The predicted octanol–water partition coefficient (Wildman–Crippen LogP) is 1.34. The quantitative estimate of drug-likeness (QED) is 0.719. The Bertz CT molecular complexity index is 242. The molecule has 3 aliphatic rings. The van der Waals surface area contributed by atoms with Crippen molar-refractivity contribution in [3.05, 3.63) is 0 Å². The molecule has 3 nitrogen and oxygen atoms in total. The number of ether oxygens (including phenoxy) is 1. The van der Waals surface area contributed by atoms with Crippen LogP contribution in [0.3, 0.4) is 0 Å². The second-order valence-electron chi connectivity index (χ2n) is 4.68. The molecule has 2 aliphatic heterocycles. The van der Waals surface area contributed by atoms with E-state index in [-0.39, 0.29) is 0 Å². The van der Waals surface area contributed by atoms with Gasteiger partial charge in [-0.1, -0.05) is 6.42 Å². The maximum absolute atomic E-state index is 5.91. The average molecular weight is 194 g/mol. The molecule has 1 saturated carbocycles. The molecular formula is C11H18N2O. The minimum Gasteiger partial charge on any atom is -0.474 e. The van der Waals surface area contributed by atoms with Gasteiger partial charge in [-0.3, -0.25) is 4.99 Å². The molecule has 1 aliphatic carbocycles. The highest BCUT2D eigenvalue weighted by Gasteiger charge is 2.37. The van der Waals surface area contributed by atoms with Gasteiger partial charge in [0.05, 0.1) is 12.6 Å². The summed E-state index contributed by atoms with van der Waals surface area (Å²) in [5.41, 5.74) is 0. The van der Waals surface area contributed by atoms with Gasteiger partial charge >= 0.3 is 0 Å². The van der Waals surface area contributed by atoms with Crippen molar-refractivity contribution in [3.8, 4) is 0 Å². The minimum absolute atomic E-state index is 0.424. The smallest absolute Gasteiger partial charge is 0.201 e. The van der Waals surface area contributed by atoms with Crippen LogP contribution in [0.4, 0.5) is 0 Å². The molecule has 1 saturated heterocycles. The minimum atomic E-state index is 0.424. The van der Waals surface area contributed by atoms with Gasteiger partial charge < -0.3 is 10.1 Å². The van der Waals surface area contributed by atoms with Gasteiger partial charge in [0.15, 0.2) is 0 Å². The van der Waals surface area contributed by atoms with Crippen molar-refractivity contribution in [3.63, 3.8) is 0 Å². The fraction of sp³-hybridized carbons (Fsp3) is 0.909. The van der Waals surface area contributed by atoms with Crippen molar-refractivity contribution in [1.29, 1.82) is 0 Å². The lowest BCUT2D eigenvalue weighted by molar-refractivity contribution is 0.186. The first-order valence-corrected chi connectivity index (χ1v) is 5.88. The lowest BCUT2D eigenvalue weighted by Crippen LogP contribution is -2.41. The van der Waals surface area contributed by atoms with E-state index in [0.717, 1.165) is 24.9 Å². The monoisotopic (exact) mass is 194 g/mol. The second-order valence-corrected chi connectivity index (χ2v) is 4.68. The molecule has 3 heteroatoms. The molecule has 2 atom stereocenters. The van der Waals surface area contributed by atoms with Gasteiger partial charge in [0.1, 0.15) is 6.10 Å². The summed E-state index contributed by atoms with van der Waals surface area (Å²) in [4.78, 5) is 4.53. The molecular weight excluding hydrogens is 176 g/mol. The first-order chi connectivity index (χ1) is 6.93. The Hall–Kier alpha value is -0.570. The van der Waals surface area contributed by atoms with Gasteiger partial charge in [-0.2, -0.15) is 0 Å². The van der Waals surface area contributed by atoms with Gasteiger partial charge in [-0.15, -0.1) is 0 Å². The first kappa shape index (κ1) is 8.72. The lowest BCUT2D eigenvalue weighted by atomic mass is 10.1. The molecule has 0 aromatic rings. The first-order valence-electron chi connectivity index (χ1n) is 5.88. The van der Waals surface area contributed by atoms with E-state index < -0.39 is 0 Å². The van der Waals surface area contributed by atoms with Gasteiger partial charge in [0.25, 0.3) is 0 Å². The van der Waals surface area contributed by atoms with Crippen molar-refractivity contribution >= 4 is 5.90 Å². The highest BCUT2D eigenvalue weighted by molar-refractivity contribution is 5.83. The fourth-order valence-electron chi connectivity index (χ4n) is 2.38. The zero-order valence-electron chi connectivity index (χ0n) is 8.54. The van der Waals surface area contributed by atoms with Crippen molar-refractivity contribution in [2.45, 2.75) is 44.2 Å². The molecule has 0 aromatic carbocycles. The van der Waals surface area contributed by atoms with E-state index in [1.807, 2.05) is 0 Å². The van der Waals surface area contributed by atoms with Gasteiger partial charge in [0.2, 0.25) is 5.90 Å². The zero-order valence-corrected chi connectivity index (χ0v) is 8.54. The van der Waals surface area contributed by atoms with Crippen molar-refractivity contribution in [1.82, 2.24) is 5.32 Å². The Balaban J connectivity index is 1.57. The molecule has 2 unspecified atom stereocenters. The molecule has 78 valence electrons. The third kappa shape index (κ3) is 1.65. The number of nitrogens with one attached hydrogen (secondary N) is 1. The van der Waals surface area contributed by atoms with Crippen LogP contribution < -0.4 is 5.32 Å². The van der Waals surface area contributed by atoms with Crippen molar-refractivity contribution in [2.24, 2.45) is 10.9 Å². The highest BCUT2D eigenvalue weighted by atomic mass is 16.5. The third-order valence-electron chi connectivity index (χ3n) is 3.46. The Morgan fingerprint density at radius 1 is 1.21 bits per heavy atom. The predicted molar refractivity (Wildman–Crippen MR) is 55.5 cm³/mol. The van der Waals surface area contributed by atoms with Crippen LogP contribution in [0, 0.1) is 5.92 Å². The van der Waals surface area contributed by atoms with Gasteiger partial charge in [-0.25, -0.2) is 0 Å². The maximum atomic E-state index is 5.91. The molecule has 0 radical (unpaired) electrons. The van der Waals surface area contributed by atoms with E-state index in [1.54, 1.807) is 0 Å². The summed E-state index contributed by atoms with van der Waals surface area (Å²) in [5.74, 6) is 1.82. The van der Waals surface area contributed by atoms with Gasteiger partial charge in [-0.05, 0) is 38.1 Å². The standard InChI is InChI=1S/C11H18N2O/c1-2-6-12-9(3-1)11-13-7-10(14-11)8-4-5-8/h8-10,12H,1-7H2. The Morgan fingerprint density at radius 2 is 2.14 bits per heavy atom. The number of hydrogen-bond donors (Lipinski definition) is 1. The summed E-state index contributed by atoms with van der Waals surface area (Å²) in [5, 5.41) is 3.49. The van der Waals surface area contributed by atoms with E-state index in [9.17, 15) is 0 Å².